The molecule has 1 amide bonds. The number of esters is 1. The van der Waals surface area contributed by atoms with Gasteiger partial charge in [0.25, 0.3) is 5.91 Å². The molecule has 6 nitrogen and oxygen atoms in total. The molecule has 0 spiro atoms. The van der Waals surface area contributed by atoms with Crippen molar-refractivity contribution in [2.24, 2.45) is 0 Å². The predicted octanol–water partition coefficient (Wildman–Crippen LogP) is 2.56. The molecule has 25 heavy (non-hydrogen) atoms. The van der Waals surface area contributed by atoms with Gasteiger partial charge in [0.05, 0.1) is 6.26 Å². The van der Waals surface area contributed by atoms with Gasteiger partial charge >= 0.3 is 5.97 Å². The summed E-state index contributed by atoms with van der Waals surface area (Å²) in [6, 6.07) is 11.4. The van der Waals surface area contributed by atoms with Gasteiger partial charge in [-0.3, -0.25) is 4.79 Å². The second-order valence-electron chi connectivity index (χ2n) is 5.77. The zero-order chi connectivity index (χ0) is 18.2. The lowest BCUT2D eigenvalue weighted by molar-refractivity contribution is -0.147. The SMILES string of the molecule is CN(Cc1ccc(N(C)C)cc1)C(=O)COC(=O)/C=C/c1ccco1. The number of hydrogen-bond acceptors (Lipinski definition) is 5. The van der Waals surface area contributed by atoms with E-state index in [1.54, 1.807) is 19.2 Å². The third kappa shape index (κ3) is 5.84. The summed E-state index contributed by atoms with van der Waals surface area (Å²) >= 11 is 0. The number of anilines is 1. The number of carbonyl (C=O) groups is 2. The Kier molecular flexibility index (Phi) is 6.39. The van der Waals surface area contributed by atoms with Crippen molar-refractivity contribution >= 4 is 23.6 Å². The first-order valence-electron chi connectivity index (χ1n) is 7.84. The van der Waals surface area contributed by atoms with E-state index in [9.17, 15) is 9.59 Å². The normalized spacial score (nSPS) is 10.7. The van der Waals surface area contributed by atoms with Crippen LogP contribution in [0.25, 0.3) is 6.08 Å². The topological polar surface area (TPSA) is 63.0 Å². The Morgan fingerprint density at radius 3 is 2.44 bits per heavy atom. The minimum Gasteiger partial charge on any atom is -0.465 e. The fourth-order valence-electron chi connectivity index (χ4n) is 2.09. The van der Waals surface area contributed by atoms with Crippen LogP contribution in [0.15, 0.2) is 53.2 Å². The van der Waals surface area contributed by atoms with Gasteiger partial charge in [-0.1, -0.05) is 12.1 Å². The highest BCUT2D eigenvalue weighted by Crippen LogP contribution is 2.13. The van der Waals surface area contributed by atoms with Crippen molar-refractivity contribution in [1.82, 2.24) is 4.90 Å². The Hall–Kier alpha value is -3.02. The van der Waals surface area contributed by atoms with Crippen molar-refractivity contribution in [1.29, 1.82) is 0 Å². The molecule has 6 heteroatoms. The van der Waals surface area contributed by atoms with E-state index in [2.05, 4.69) is 0 Å². The molecule has 1 heterocycles. The predicted molar refractivity (Wildman–Crippen MR) is 95.9 cm³/mol. The van der Waals surface area contributed by atoms with Crippen LogP contribution < -0.4 is 4.90 Å². The number of likely N-dealkylation sites (N-methyl/N-ethyl adjacent to an activating group) is 1. The fourth-order valence-corrected chi connectivity index (χ4v) is 2.09. The van der Waals surface area contributed by atoms with Gasteiger partial charge in [-0.05, 0) is 35.9 Å². The summed E-state index contributed by atoms with van der Waals surface area (Å²) < 4.78 is 10.0. The van der Waals surface area contributed by atoms with Crippen LogP contribution in [-0.4, -0.2) is 44.5 Å². The molecule has 132 valence electrons. The van der Waals surface area contributed by atoms with E-state index in [-0.39, 0.29) is 12.5 Å². The minimum atomic E-state index is -0.589. The first-order chi connectivity index (χ1) is 12.0. The van der Waals surface area contributed by atoms with Crippen molar-refractivity contribution in [3.63, 3.8) is 0 Å². The minimum absolute atomic E-state index is 0.267. The van der Waals surface area contributed by atoms with Crippen molar-refractivity contribution in [3.8, 4) is 0 Å². The molecule has 0 N–H and O–H groups in total. The zero-order valence-corrected chi connectivity index (χ0v) is 14.6. The number of benzene rings is 1. The molecule has 2 aromatic rings. The first kappa shape index (κ1) is 18.3. The number of amides is 1. The smallest absolute Gasteiger partial charge is 0.331 e. The van der Waals surface area contributed by atoms with Crippen LogP contribution >= 0.6 is 0 Å². The molecule has 0 aliphatic heterocycles. The van der Waals surface area contributed by atoms with Crippen LogP contribution in [0.4, 0.5) is 5.69 Å². The number of ether oxygens (including phenoxy) is 1. The Morgan fingerprint density at radius 2 is 1.84 bits per heavy atom. The van der Waals surface area contributed by atoms with E-state index in [0.717, 1.165) is 11.3 Å². The highest BCUT2D eigenvalue weighted by molar-refractivity contribution is 5.88. The fraction of sp³-hybridized carbons (Fsp3) is 0.263. The molecule has 0 radical (unpaired) electrons. The number of hydrogen-bond donors (Lipinski definition) is 0. The second-order valence-corrected chi connectivity index (χ2v) is 5.77. The lowest BCUT2D eigenvalue weighted by atomic mass is 10.2. The Balaban J connectivity index is 1.78. The van der Waals surface area contributed by atoms with Gasteiger partial charge in [-0.15, -0.1) is 0 Å². The Bertz CT molecular complexity index is 718. The average molecular weight is 342 g/mol. The lowest BCUT2D eigenvalue weighted by Crippen LogP contribution is -2.30. The van der Waals surface area contributed by atoms with Gasteiger partial charge in [0.2, 0.25) is 0 Å². The molecule has 0 atom stereocenters. The third-order valence-electron chi connectivity index (χ3n) is 3.56. The molecule has 0 saturated heterocycles. The van der Waals surface area contributed by atoms with E-state index in [1.807, 2.05) is 43.3 Å². The van der Waals surface area contributed by atoms with E-state index in [0.29, 0.717) is 12.3 Å². The quantitative estimate of drug-likeness (QED) is 0.572. The molecule has 0 bridgehead atoms. The standard InChI is InChI=1S/C19H22N2O4/c1-20(2)16-8-6-15(7-9-16)13-21(3)18(22)14-25-19(23)11-10-17-5-4-12-24-17/h4-12H,13-14H2,1-3H3/b11-10+. The molecule has 0 aliphatic rings. The number of nitrogens with zero attached hydrogens (tertiary/aromatic N) is 2. The van der Waals surface area contributed by atoms with Gasteiger partial charge in [-0.2, -0.15) is 0 Å². The van der Waals surface area contributed by atoms with Crippen molar-refractivity contribution in [3.05, 3.63) is 60.1 Å². The molecular weight excluding hydrogens is 320 g/mol. The van der Waals surface area contributed by atoms with E-state index in [1.165, 1.54) is 23.3 Å². The maximum Gasteiger partial charge on any atom is 0.331 e. The van der Waals surface area contributed by atoms with Gasteiger partial charge in [0.15, 0.2) is 6.61 Å². The van der Waals surface area contributed by atoms with Crippen LogP contribution in [0.1, 0.15) is 11.3 Å². The number of carbonyl (C=O) groups excluding carboxylic acids is 2. The molecule has 0 aliphatic carbocycles. The van der Waals surface area contributed by atoms with Crippen LogP contribution in [0.2, 0.25) is 0 Å². The summed E-state index contributed by atoms with van der Waals surface area (Å²) in [7, 11) is 5.62. The number of rotatable bonds is 7. The van der Waals surface area contributed by atoms with Crippen molar-refractivity contribution < 1.29 is 18.7 Å². The van der Waals surface area contributed by atoms with Crippen molar-refractivity contribution in [2.75, 3.05) is 32.6 Å². The largest absolute Gasteiger partial charge is 0.465 e. The van der Waals surface area contributed by atoms with E-state index >= 15 is 0 Å². The molecule has 1 aromatic carbocycles. The summed E-state index contributed by atoms with van der Waals surface area (Å²) in [4.78, 5) is 27.2. The summed E-state index contributed by atoms with van der Waals surface area (Å²) in [5.74, 6) is -0.313. The highest BCUT2D eigenvalue weighted by Gasteiger charge is 2.11. The average Bonchev–Trinajstić information content (AvgIpc) is 3.11. The summed E-state index contributed by atoms with van der Waals surface area (Å²) in [5.41, 5.74) is 2.10. The number of furan rings is 1. The van der Waals surface area contributed by atoms with Crippen LogP contribution in [-0.2, 0) is 20.9 Å². The van der Waals surface area contributed by atoms with E-state index < -0.39 is 5.97 Å². The van der Waals surface area contributed by atoms with Gasteiger partial charge in [0.1, 0.15) is 5.76 Å². The van der Waals surface area contributed by atoms with Crippen LogP contribution in [0.3, 0.4) is 0 Å². The lowest BCUT2D eigenvalue weighted by Gasteiger charge is -2.18. The summed E-state index contributed by atoms with van der Waals surface area (Å²) in [6.45, 7) is 0.153. The Labute approximate surface area is 147 Å². The van der Waals surface area contributed by atoms with E-state index in [4.69, 9.17) is 9.15 Å². The summed E-state index contributed by atoms with van der Waals surface area (Å²) in [6.07, 6.45) is 4.23. The second kappa shape index (κ2) is 8.73. The molecule has 0 unspecified atom stereocenters. The first-order valence-corrected chi connectivity index (χ1v) is 7.84. The van der Waals surface area contributed by atoms with Crippen molar-refractivity contribution in [2.45, 2.75) is 6.54 Å². The Morgan fingerprint density at radius 1 is 1.12 bits per heavy atom. The molecule has 2 rings (SSSR count). The van der Waals surface area contributed by atoms with Crippen LogP contribution in [0, 0.1) is 0 Å². The van der Waals surface area contributed by atoms with Gasteiger partial charge < -0.3 is 19.0 Å². The maximum atomic E-state index is 12.1. The molecular formula is C19H22N2O4. The van der Waals surface area contributed by atoms with Gasteiger partial charge in [0, 0.05) is 39.5 Å². The summed E-state index contributed by atoms with van der Waals surface area (Å²) in [5, 5.41) is 0. The molecule has 0 fully saturated rings. The highest BCUT2D eigenvalue weighted by atomic mass is 16.5. The zero-order valence-electron chi connectivity index (χ0n) is 14.6. The van der Waals surface area contributed by atoms with Gasteiger partial charge in [-0.25, -0.2) is 4.79 Å². The molecule has 0 saturated carbocycles. The maximum absolute atomic E-state index is 12.1. The van der Waals surface area contributed by atoms with Crippen LogP contribution in [0.5, 0.6) is 0 Å². The molecule has 1 aromatic heterocycles. The third-order valence-corrected chi connectivity index (χ3v) is 3.56. The monoisotopic (exact) mass is 342 g/mol.